The maximum Gasteiger partial charge on any atom is 0.0584 e. The molecule has 0 aromatic carbocycles. The Morgan fingerprint density at radius 3 is 2.00 bits per heavy atom. The number of hydrogen-bond donors (Lipinski definition) is 0. The molecule has 1 nitrogen and oxygen atoms in total. The molecule has 0 heterocycles. The molecule has 0 saturated heterocycles. The smallest absolute Gasteiger partial charge is 0.0584 e. The zero-order chi connectivity index (χ0) is 9.35. The van der Waals surface area contributed by atoms with Crippen LogP contribution in [0, 0.1) is 11.3 Å². The molecule has 0 aromatic heterocycles. The quantitative estimate of drug-likeness (QED) is 0.618. The van der Waals surface area contributed by atoms with Crippen molar-refractivity contribution in [1.82, 2.24) is 0 Å². The molecular formula is C11H22O. The van der Waals surface area contributed by atoms with Gasteiger partial charge in [-0.05, 0) is 38.0 Å². The molecule has 0 atom stereocenters. The van der Waals surface area contributed by atoms with Crippen molar-refractivity contribution in [2.24, 2.45) is 11.3 Å². The van der Waals surface area contributed by atoms with Crippen LogP contribution in [-0.2, 0) is 4.74 Å². The van der Waals surface area contributed by atoms with Crippen molar-refractivity contribution in [3.8, 4) is 0 Å². The van der Waals surface area contributed by atoms with Crippen LogP contribution in [0.15, 0.2) is 0 Å². The first kappa shape index (κ1) is 10.0. The second-order valence-electron chi connectivity index (χ2n) is 5.34. The normalized spacial score (nSPS) is 30.5. The Morgan fingerprint density at radius 2 is 1.67 bits per heavy atom. The molecule has 72 valence electrons. The van der Waals surface area contributed by atoms with E-state index in [1.54, 1.807) is 0 Å². The molecular weight excluding hydrogens is 148 g/mol. The molecule has 1 fully saturated rings. The fourth-order valence-corrected chi connectivity index (χ4v) is 1.77. The van der Waals surface area contributed by atoms with Crippen LogP contribution in [0.1, 0.15) is 47.5 Å². The van der Waals surface area contributed by atoms with Gasteiger partial charge in [0.2, 0.25) is 0 Å². The molecule has 0 unspecified atom stereocenters. The third-order valence-electron chi connectivity index (χ3n) is 2.78. The second-order valence-corrected chi connectivity index (χ2v) is 5.34. The number of ether oxygens (including phenoxy) is 1. The summed E-state index contributed by atoms with van der Waals surface area (Å²) in [5.41, 5.74) is 0.483. The molecule has 1 aliphatic carbocycles. The van der Waals surface area contributed by atoms with Gasteiger partial charge in [-0.25, -0.2) is 0 Å². The van der Waals surface area contributed by atoms with E-state index in [2.05, 4.69) is 34.6 Å². The monoisotopic (exact) mass is 170 g/mol. The summed E-state index contributed by atoms with van der Waals surface area (Å²) in [5.74, 6) is 0.876. The van der Waals surface area contributed by atoms with Crippen LogP contribution in [0.3, 0.4) is 0 Å². The van der Waals surface area contributed by atoms with Crippen LogP contribution in [0.25, 0.3) is 0 Å². The van der Waals surface area contributed by atoms with Gasteiger partial charge < -0.3 is 4.74 Å². The molecule has 1 heteroatoms. The van der Waals surface area contributed by atoms with Gasteiger partial charge in [-0.1, -0.05) is 20.8 Å². The molecule has 0 amide bonds. The van der Waals surface area contributed by atoms with Crippen molar-refractivity contribution in [3.63, 3.8) is 0 Å². The van der Waals surface area contributed by atoms with Gasteiger partial charge in [0.05, 0.1) is 12.2 Å². The predicted octanol–water partition coefficient (Wildman–Crippen LogP) is 3.24. The van der Waals surface area contributed by atoms with E-state index >= 15 is 0 Å². The van der Waals surface area contributed by atoms with Crippen LogP contribution in [0.5, 0.6) is 0 Å². The zero-order valence-electron chi connectivity index (χ0n) is 9.05. The minimum absolute atomic E-state index is 0.399. The summed E-state index contributed by atoms with van der Waals surface area (Å²) in [7, 11) is 0. The largest absolute Gasteiger partial charge is 0.376 e. The van der Waals surface area contributed by atoms with Gasteiger partial charge in [-0.2, -0.15) is 0 Å². The summed E-state index contributed by atoms with van der Waals surface area (Å²) in [4.78, 5) is 0. The highest BCUT2D eigenvalue weighted by Gasteiger charge is 2.37. The highest BCUT2D eigenvalue weighted by molar-refractivity contribution is 4.88. The lowest BCUT2D eigenvalue weighted by molar-refractivity contribution is -0.0869. The van der Waals surface area contributed by atoms with Crippen molar-refractivity contribution in [2.45, 2.75) is 59.7 Å². The summed E-state index contributed by atoms with van der Waals surface area (Å²) in [6, 6.07) is 0. The summed E-state index contributed by atoms with van der Waals surface area (Å²) < 4.78 is 5.71. The summed E-state index contributed by atoms with van der Waals surface area (Å²) >= 11 is 0. The van der Waals surface area contributed by atoms with E-state index < -0.39 is 0 Å². The zero-order valence-corrected chi connectivity index (χ0v) is 9.05. The van der Waals surface area contributed by atoms with Crippen molar-refractivity contribution < 1.29 is 4.74 Å². The Morgan fingerprint density at radius 1 is 1.17 bits per heavy atom. The summed E-state index contributed by atoms with van der Waals surface area (Å²) in [5, 5.41) is 0. The fourth-order valence-electron chi connectivity index (χ4n) is 1.77. The lowest BCUT2D eigenvalue weighted by Gasteiger charge is -2.44. The van der Waals surface area contributed by atoms with Crippen molar-refractivity contribution in [3.05, 3.63) is 0 Å². The first-order valence-electron chi connectivity index (χ1n) is 5.05. The van der Waals surface area contributed by atoms with Crippen molar-refractivity contribution in [2.75, 3.05) is 0 Å². The number of hydrogen-bond acceptors (Lipinski definition) is 1. The topological polar surface area (TPSA) is 9.23 Å². The van der Waals surface area contributed by atoms with Gasteiger partial charge in [-0.15, -0.1) is 0 Å². The Kier molecular flexibility index (Phi) is 2.82. The maximum atomic E-state index is 5.71. The van der Waals surface area contributed by atoms with E-state index in [-0.39, 0.29) is 0 Å². The van der Waals surface area contributed by atoms with Crippen LogP contribution in [0.4, 0.5) is 0 Å². The molecule has 12 heavy (non-hydrogen) atoms. The molecule has 0 aliphatic heterocycles. The highest BCUT2D eigenvalue weighted by Crippen LogP contribution is 2.42. The minimum atomic E-state index is 0.399. The van der Waals surface area contributed by atoms with E-state index in [0.29, 0.717) is 17.6 Å². The Bertz CT molecular complexity index is 138. The van der Waals surface area contributed by atoms with Crippen molar-refractivity contribution >= 4 is 0 Å². The average molecular weight is 170 g/mol. The van der Waals surface area contributed by atoms with Crippen LogP contribution < -0.4 is 0 Å². The average Bonchev–Trinajstić information content (AvgIpc) is 1.73. The highest BCUT2D eigenvalue weighted by atomic mass is 16.5. The minimum Gasteiger partial charge on any atom is -0.376 e. The van der Waals surface area contributed by atoms with Gasteiger partial charge in [-0.3, -0.25) is 0 Å². The fraction of sp³-hybridized carbons (Fsp3) is 1.00. The number of rotatable bonds is 2. The third kappa shape index (κ3) is 2.48. The molecule has 0 bridgehead atoms. The molecule has 0 spiro atoms. The Hall–Kier alpha value is -0.0400. The van der Waals surface area contributed by atoms with E-state index in [4.69, 9.17) is 4.74 Å². The first-order chi connectivity index (χ1) is 5.39. The Balaban J connectivity index is 2.20. The maximum absolute atomic E-state index is 5.71. The van der Waals surface area contributed by atoms with Crippen LogP contribution in [-0.4, -0.2) is 12.2 Å². The van der Waals surface area contributed by atoms with Gasteiger partial charge in [0, 0.05) is 0 Å². The molecule has 1 rings (SSSR count). The standard InChI is InChI=1S/C11H22O/c1-8(2)12-10-6-9(7-10)11(3,4)5/h8-10H,6-7H2,1-5H3/t9-,10-. The van der Waals surface area contributed by atoms with E-state index in [9.17, 15) is 0 Å². The van der Waals surface area contributed by atoms with Crippen molar-refractivity contribution in [1.29, 1.82) is 0 Å². The van der Waals surface area contributed by atoms with Crippen LogP contribution in [0.2, 0.25) is 0 Å². The molecule has 1 saturated carbocycles. The summed E-state index contributed by atoms with van der Waals surface area (Å²) in [6.07, 6.45) is 3.48. The summed E-state index contributed by atoms with van der Waals surface area (Å²) in [6.45, 7) is 11.2. The first-order valence-corrected chi connectivity index (χ1v) is 5.05. The van der Waals surface area contributed by atoms with Gasteiger partial charge in [0.15, 0.2) is 0 Å². The van der Waals surface area contributed by atoms with Crippen LogP contribution >= 0.6 is 0 Å². The SMILES string of the molecule is CC(C)O[C@H]1C[C@H](C(C)(C)C)C1. The van der Waals surface area contributed by atoms with Gasteiger partial charge >= 0.3 is 0 Å². The van der Waals surface area contributed by atoms with Gasteiger partial charge in [0.25, 0.3) is 0 Å². The molecule has 1 aliphatic rings. The molecule has 0 radical (unpaired) electrons. The van der Waals surface area contributed by atoms with E-state index in [1.165, 1.54) is 12.8 Å². The lowest BCUT2D eigenvalue weighted by Crippen LogP contribution is -2.40. The third-order valence-corrected chi connectivity index (χ3v) is 2.78. The van der Waals surface area contributed by atoms with E-state index in [1.807, 2.05) is 0 Å². The predicted molar refractivity (Wildman–Crippen MR) is 52.2 cm³/mol. The lowest BCUT2D eigenvalue weighted by atomic mass is 9.67. The molecule has 0 aromatic rings. The van der Waals surface area contributed by atoms with E-state index in [0.717, 1.165) is 5.92 Å². The Labute approximate surface area is 76.5 Å². The second kappa shape index (κ2) is 3.37. The van der Waals surface area contributed by atoms with Gasteiger partial charge in [0.1, 0.15) is 0 Å². The molecule has 0 N–H and O–H groups in total.